The quantitative estimate of drug-likeness (QED) is 0.912. The average Bonchev–Trinajstić information content (AvgIpc) is 3.11. The van der Waals surface area contributed by atoms with Crippen LogP contribution in [0.5, 0.6) is 0 Å². The maximum absolute atomic E-state index is 12.0. The van der Waals surface area contributed by atoms with Gasteiger partial charge in [-0.2, -0.15) is 0 Å². The number of hydrogen-bond acceptors (Lipinski definition) is 4. The second-order valence-electron chi connectivity index (χ2n) is 5.42. The van der Waals surface area contributed by atoms with E-state index < -0.39 is 0 Å². The summed E-state index contributed by atoms with van der Waals surface area (Å²) in [7, 11) is 0. The number of amides is 1. The molecule has 0 bridgehead atoms. The lowest BCUT2D eigenvalue weighted by molar-refractivity contribution is -0.116. The fourth-order valence-corrected chi connectivity index (χ4v) is 3.35. The van der Waals surface area contributed by atoms with E-state index in [1.165, 1.54) is 6.42 Å². The minimum atomic E-state index is 0.0762. The van der Waals surface area contributed by atoms with Gasteiger partial charge in [0.05, 0.1) is 0 Å². The van der Waals surface area contributed by atoms with Crippen molar-refractivity contribution in [1.29, 1.82) is 0 Å². The summed E-state index contributed by atoms with van der Waals surface area (Å²) in [6, 6.07) is 8.21. The highest BCUT2D eigenvalue weighted by Gasteiger charge is 2.17. The lowest BCUT2D eigenvalue weighted by Gasteiger charge is -2.10. The van der Waals surface area contributed by atoms with Crippen molar-refractivity contribution in [3.05, 3.63) is 35.3 Å². The Morgan fingerprint density at radius 2 is 2.24 bits per heavy atom. The lowest BCUT2D eigenvalue weighted by Crippen LogP contribution is -2.27. The Hall–Kier alpha value is -1.72. The van der Waals surface area contributed by atoms with Crippen molar-refractivity contribution in [2.75, 3.05) is 11.9 Å². The number of aryl methyl sites for hydroxylation is 1. The van der Waals surface area contributed by atoms with E-state index in [9.17, 15) is 4.79 Å². The molecule has 1 aliphatic heterocycles. The Labute approximate surface area is 128 Å². The van der Waals surface area contributed by atoms with Crippen LogP contribution in [-0.2, 0) is 4.79 Å². The molecule has 2 N–H and O–H groups in total. The molecule has 2 aromatic rings. The first-order valence-corrected chi connectivity index (χ1v) is 8.14. The molecule has 1 aromatic carbocycles. The maximum atomic E-state index is 12.0. The van der Waals surface area contributed by atoms with E-state index >= 15 is 0 Å². The summed E-state index contributed by atoms with van der Waals surface area (Å²) in [4.78, 5) is 16.4. The highest BCUT2D eigenvalue weighted by molar-refractivity contribution is 7.13. The molecule has 1 amide bonds. The molecule has 1 atom stereocenters. The van der Waals surface area contributed by atoms with Gasteiger partial charge in [0.2, 0.25) is 5.91 Å². The maximum Gasteiger partial charge on any atom is 0.225 e. The number of rotatable bonds is 4. The zero-order chi connectivity index (χ0) is 14.7. The van der Waals surface area contributed by atoms with Gasteiger partial charge < -0.3 is 10.6 Å². The first kappa shape index (κ1) is 14.2. The molecule has 2 heterocycles. The minimum Gasteiger partial charge on any atom is -0.326 e. The van der Waals surface area contributed by atoms with Crippen LogP contribution >= 0.6 is 11.3 Å². The van der Waals surface area contributed by atoms with Gasteiger partial charge in [-0.3, -0.25) is 4.79 Å². The van der Waals surface area contributed by atoms with Crippen molar-refractivity contribution in [2.45, 2.75) is 32.2 Å². The molecule has 0 saturated carbocycles. The molecular weight excluding hydrogens is 282 g/mol. The zero-order valence-electron chi connectivity index (χ0n) is 12.1. The summed E-state index contributed by atoms with van der Waals surface area (Å²) in [6.45, 7) is 3.02. The van der Waals surface area contributed by atoms with Gasteiger partial charge in [-0.05, 0) is 50.6 Å². The van der Waals surface area contributed by atoms with Gasteiger partial charge in [-0.1, -0.05) is 0 Å². The van der Waals surface area contributed by atoms with E-state index in [4.69, 9.17) is 0 Å². The standard InChI is InChI=1S/C16H19N3OS/c1-11-10-21-16(18-11)12-4-6-13(7-5-12)19-15(20)9-14-3-2-8-17-14/h4-7,10,14,17H,2-3,8-9H2,1H3,(H,19,20). The second-order valence-corrected chi connectivity index (χ2v) is 6.28. The minimum absolute atomic E-state index is 0.0762. The van der Waals surface area contributed by atoms with E-state index in [-0.39, 0.29) is 5.91 Å². The van der Waals surface area contributed by atoms with Crippen LogP contribution in [0.1, 0.15) is 25.0 Å². The van der Waals surface area contributed by atoms with Gasteiger partial charge >= 0.3 is 0 Å². The Morgan fingerprint density at radius 1 is 1.43 bits per heavy atom. The largest absolute Gasteiger partial charge is 0.326 e. The number of nitrogens with zero attached hydrogens (tertiary/aromatic N) is 1. The van der Waals surface area contributed by atoms with Gasteiger partial charge in [0.1, 0.15) is 5.01 Å². The number of carbonyl (C=O) groups is 1. The monoisotopic (exact) mass is 301 g/mol. The Kier molecular flexibility index (Phi) is 4.31. The van der Waals surface area contributed by atoms with Crippen LogP contribution < -0.4 is 10.6 Å². The van der Waals surface area contributed by atoms with Crippen molar-refractivity contribution in [3.8, 4) is 10.6 Å². The van der Waals surface area contributed by atoms with Crippen LogP contribution in [-0.4, -0.2) is 23.5 Å². The van der Waals surface area contributed by atoms with Gasteiger partial charge in [0, 0.05) is 34.8 Å². The molecule has 0 aliphatic carbocycles. The van der Waals surface area contributed by atoms with E-state index in [1.807, 2.05) is 36.6 Å². The van der Waals surface area contributed by atoms with Gasteiger partial charge in [0.25, 0.3) is 0 Å². The number of hydrogen-bond donors (Lipinski definition) is 2. The summed E-state index contributed by atoms with van der Waals surface area (Å²) in [5.41, 5.74) is 2.97. The molecule has 110 valence electrons. The summed E-state index contributed by atoms with van der Waals surface area (Å²) in [6.07, 6.45) is 2.81. The fraction of sp³-hybridized carbons (Fsp3) is 0.375. The number of benzene rings is 1. The van der Waals surface area contributed by atoms with Crippen LogP contribution in [0.15, 0.2) is 29.6 Å². The van der Waals surface area contributed by atoms with Crippen molar-refractivity contribution in [3.63, 3.8) is 0 Å². The summed E-state index contributed by atoms with van der Waals surface area (Å²) in [5, 5.41) is 9.35. The highest BCUT2D eigenvalue weighted by atomic mass is 32.1. The normalized spacial score (nSPS) is 17.9. The number of thiazole rings is 1. The molecule has 1 aliphatic rings. The Morgan fingerprint density at radius 3 is 2.86 bits per heavy atom. The predicted molar refractivity (Wildman–Crippen MR) is 86.6 cm³/mol. The van der Waals surface area contributed by atoms with Crippen molar-refractivity contribution >= 4 is 22.9 Å². The summed E-state index contributed by atoms with van der Waals surface area (Å²) < 4.78 is 0. The molecule has 0 spiro atoms. The number of anilines is 1. The van der Waals surface area contributed by atoms with Crippen LogP contribution in [0.3, 0.4) is 0 Å². The third-order valence-corrected chi connectivity index (χ3v) is 4.64. The van der Waals surface area contributed by atoms with Crippen molar-refractivity contribution in [2.24, 2.45) is 0 Å². The Bertz CT molecular complexity index is 615. The van der Waals surface area contributed by atoms with Gasteiger partial charge in [-0.25, -0.2) is 4.98 Å². The summed E-state index contributed by atoms with van der Waals surface area (Å²) in [5.74, 6) is 0.0762. The van der Waals surface area contributed by atoms with Crippen molar-refractivity contribution in [1.82, 2.24) is 10.3 Å². The molecule has 1 saturated heterocycles. The summed E-state index contributed by atoms with van der Waals surface area (Å²) >= 11 is 1.64. The van der Waals surface area contributed by atoms with Crippen LogP contribution in [0.25, 0.3) is 10.6 Å². The molecule has 5 heteroatoms. The van der Waals surface area contributed by atoms with Crippen molar-refractivity contribution < 1.29 is 4.79 Å². The highest BCUT2D eigenvalue weighted by Crippen LogP contribution is 2.24. The smallest absolute Gasteiger partial charge is 0.225 e. The molecule has 0 radical (unpaired) electrons. The zero-order valence-corrected chi connectivity index (χ0v) is 12.9. The second kappa shape index (κ2) is 6.37. The molecule has 1 aromatic heterocycles. The average molecular weight is 301 g/mol. The molecule has 4 nitrogen and oxygen atoms in total. The van der Waals surface area contributed by atoms with Gasteiger partial charge in [-0.15, -0.1) is 11.3 Å². The number of nitrogens with one attached hydrogen (secondary N) is 2. The first-order valence-electron chi connectivity index (χ1n) is 7.26. The Balaban J connectivity index is 1.60. The van der Waals surface area contributed by atoms with Crippen LogP contribution in [0.2, 0.25) is 0 Å². The third-order valence-electron chi connectivity index (χ3n) is 3.63. The van der Waals surface area contributed by atoms with Gasteiger partial charge in [0.15, 0.2) is 0 Å². The first-order chi connectivity index (χ1) is 10.2. The van der Waals surface area contributed by atoms with E-state index in [0.29, 0.717) is 12.5 Å². The molecule has 1 unspecified atom stereocenters. The van der Waals surface area contributed by atoms with E-state index in [1.54, 1.807) is 11.3 Å². The molecular formula is C16H19N3OS. The third kappa shape index (κ3) is 3.68. The van der Waals surface area contributed by atoms with E-state index in [0.717, 1.165) is 34.9 Å². The predicted octanol–water partition coefficient (Wildman–Crippen LogP) is 3.20. The number of carbonyl (C=O) groups excluding carboxylic acids is 1. The topological polar surface area (TPSA) is 54.0 Å². The van der Waals surface area contributed by atoms with E-state index in [2.05, 4.69) is 15.6 Å². The molecule has 1 fully saturated rings. The number of aromatic nitrogens is 1. The lowest BCUT2D eigenvalue weighted by atomic mass is 10.1. The van der Waals surface area contributed by atoms with Crippen LogP contribution in [0, 0.1) is 6.92 Å². The van der Waals surface area contributed by atoms with Crippen LogP contribution in [0.4, 0.5) is 5.69 Å². The SMILES string of the molecule is Cc1csc(-c2ccc(NC(=O)CC3CCCN3)cc2)n1. The fourth-order valence-electron chi connectivity index (χ4n) is 2.55. The molecule has 21 heavy (non-hydrogen) atoms. The molecule has 3 rings (SSSR count).